The molecule has 1 fully saturated rings. The van der Waals surface area contributed by atoms with Gasteiger partial charge in [0.05, 0.1) is 4.91 Å². The second kappa shape index (κ2) is 9.75. The first-order chi connectivity index (χ1) is 15.1. The monoisotopic (exact) mass is 430 g/mol. The number of aryl methyl sites for hydroxylation is 2. The van der Waals surface area contributed by atoms with Crippen molar-refractivity contribution >= 4 is 29.4 Å². The van der Waals surface area contributed by atoms with Gasteiger partial charge in [-0.1, -0.05) is 78.8 Å². The van der Waals surface area contributed by atoms with Crippen molar-refractivity contribution < 1.29 is 9.53 Å². The molecule has 0 spiro atoms. The number of benzene rings is 3. The first kappa shape index (κ1) is 21.1. The Morgan fingerprint density at radius 1 is 1.03 bits per heavy atom. The third kappa shape index (κ3) is 5.50. The molecule has 1 saturated heterocycles. The second-order valence-electron chi connectivity index (χ2n) is 7.49. The molecule has 3 aromatic rings. The normalized spacial score (nSPS) is 16.9. The summed E-state index contributed by atoms with van der Waals surface area (Å²) in [6.07, 6.45) is 2.90. The molecule has 0 bridgehead atoms. The van der Waals surface area contributed by atoms with Gasteiger partial charge in [-0.15, -0.1) is 0 Å². The number of rotatable bonds is 7. The highest BCUT2D eigenvalue weighted by Crippen LogP contribution is 2.32. The number of hydrogen-bond acceptors (Lipinski definition) is 4. The number of hydrogen-bond donors (Lipinski definition) is 2. The van der Waals surface area contributed by atoms with Crippen LogP contribution in [-0.4, -0.2) is 11.4 Å². The Kier molecular flexibility index (Phi) is 6.63. The fraction of sp³-hybridized carbons (Fsp3) is 0.192. The van der Waals surface area contributed by atoms with Crippen molar-refractivity contribution in [3.05, 3.63) is 100.0 Å². The molecule has 31 heavy (non-hydrogen) atoms. The van der Waals surface area contributed by atoms with Gasteiger partial charge in [0.2, 0.25) is 0 Å². The zero-order chi connectivity index (χ0) is 21.6. The lowest BCUT2D eigenvalue weighted by Crippen LogP contribution is -2.30. The highest BCUT2D eigenvalue weighted by Gasteiger charge is 2.27. The maximum Gasteiger partial charge on any atom is 0.260 e. The number of para-hydroxylation sites is 1. The molecule has 0 radical (unpaired) electrons. The highest BCUT2D eigenvalue weighted by molar-refractivity contribution is 8.05. The molecule has 1 heterocycles. The SMILES string of the molecule is CCc1ccc(N[C@@H]2NC(=O)/C(=C/c3ccccc3OCc3cccc(C)c3)S2)cc1. The van der Waals surface area contributed by atoms with Crippen molar-refractivity contribution in [2.24, 2.45) is 0 Å². The maximum atomic E-state index is 12.5. The van der Waals surface area contributed by atoms with Crippen LogP contribution in [0.5, 0.6) is 5.75 Å². The maximum absolute atomic E-state index is 12.5. The summed E-state index contributed by atoms with van der Waals surface area (Å²) in [6, 6.07) is 24.4. The largest absolute Gasteiger partial charge is 0.488 e. The number of ether oxygens (including phenoxy) is 1. The van der Waals surface area contributed by atoms with Crippen LogP contribution >= 0.6 is 11.8 Å². The molecule has 0 aliphatic carbocycles. The quantitative estimate of drug-likeness (QED) is 0.470. The minimum absolute atomic E-state index is 0.0823. The zero-order valence-corrected chi connectivity index (χ0v) is 18.5. The molecule has 1 atom stereocenters. The summed E-state index contributed by atoms with van der Waals surface area (Å²) in [4.78, 5) is 13.2. The van der Waals surface area contributed by atoms with E-state index in [-0.39, 0.29) is 11.4 Å². The van der Waals surface area contributed by atoms with E-state index < -0.39 is 0 Å². The molecule has 3 aromatic carbocycles. The second-order valence-corrected chi connectivity index (χ2v) is 8.64. The molecule has 5 heteroatoms. The zero-order valence-electron chi connectivity index (χ0n) is 17.7. The van der Waals surface area contributed by atoms with E-state index in [1.54, 1.807) is 0 Å². The predicted octanol–water partition coefficient (Wildman–Crippen LogP) is 5.74. The minimum Gasteiger partial charge on any atom is -0.488 e. The summed E-state index contributed by atoms with van der Waals surface area (Å²) in [7, 11) is 0. The molecule has 0 aromatic heterocycles. The van der Waals surface area contributed by atoms with E-state index >= 15 is 0 Å². The van der Waals surface area contributed by atoms with Crippen LogP contribution in [-0.2, 0) is 17.8 Å². The number of amides is 1. The van der Waals surface area contributed by atoms with Crippen LogP contribution in [0.2, 0.25) is 0 Å². The molecular weight excluding hydrogens is 404 g/mol. The minimum atomic E-state index is -0.202. The number of nitrogens with one attached hydrogen (secondary N) is 2. The van der Waals surface area contributed by atoms with Crippen LogP contribution in [0, 0.1) is 6.92 Å². The van der Waals surface area contributed by atoms with Crippen LogP contribution in [0.25, 0.3) is 6.08 Å². The van der Waals surface area contributed by atoms with Crippen LogP contribution < -0.4 is 15.4 Å². The van der Waals surface area contributed by atoms with Crippen molar-refractivity contribution in [2.75, 3.05) is 5.32 Å². The van der Waals surface area contributed by atoms with Crippen molar-refractivity contribution in [3.63, 3.8) is 0 Å². The van der Waals surface area contributed by atoms with Gasteiger partial charge in [-0.05, 0) is 48.7 Å². The van der Waals surface area contributed by atoms with Crippen LogP contribution in [0.3, 0.4) is 0 Å². The lowest BCUT2D eigenvalue weighted by Gasteiger charge is -2.13. The first-order valence-electron chi connectivity index (χ1n) is 10.4. The molecule has 0 unspecified atom stereocenters. The summed E-state index contributed by atoms with van der Waals surface area (Å²) < 4.78 is 6.07. The van der Waals surface area contributed by atoms with Crippen molar-refractivity contribution in [3.8, 4) is 5.75 Å². The van der Waals surface area contributed by atoms with Gasteiger partial charge < -0.3 is 15.4 Å². The molecule has 4 rings (SSSR count). The molecule has 2 N–H and O–H groups in total. The first-order valence-corrected chi connectivity index (χ1v) is 11.3. The average molecular weight is 431 g/mol. The summed E-state index contributed by atoms with van der Waals surface area (Å²) >= 11 is 1.48. The van der Waals surface area contributed by atoms with E-state index in [0.29, 0.717) is 11.5 Å². The van der Waals surface area contributed by atoms with Crippen LogP contribution in [0.4, 0.5) is 5.69 Å². The Bertz CT molecular complexity index is 1090. The standard InChI is InChI=1S/C26H26N2O2S/c1-3-19-11-13-22(14-12-19)27-26-28-25(29)24(31-26)16-21-9-4-5-10-23(21)30-17-20-8-6-7-18(2)15-20/h4-16,26-27H,3,17H2,1-2H3,(H,28,29)/b24-16-/t26-/m1/s1. The summed E-state index contributed by atoms with van der Waals surface area (Å²) in [5.74, 6) is 0.678. The lowest BCUT2D eigenvalue weighted by molar-refractivity contribution is -0.116. The molecule has 4 nitrogen and oxygen atoms in total. The van der Waals surface area contributed by atoms with E-state index in [1.165, 1.54) is 22.9 Å². The summed E-state index contributed by atoms with van der Waals surface area (Å²) in [5.41, 5.74) is 5.29. The Balaban J connectivity index is 1.44. The van der Waals surface area contributed by atoms with Gasteiger partial charge in [-0.3, -0.25) is 4.79 Å². The van der Waals surface area contributed by atoms with Crippen molar-refractivity contribution in [1.82, 2.24) is 5.32 Å². The van der Waals surface area contributed by atoms with E-state index in [1.807, 2.05) is 48.5 Å². The summed E-state index contributed by atoms with van der Waals surface area (Å²) in [6.45, 7) is 4.69. The summed E-state index contributed by atoms with van der Waals surface area (Å²) in [5, 5.41) is 6.35. The average Bonchev–Trinajstić information content (AvgIpc) is 3.12. The fourth-order valence-electron chi connectivity index (χ4n) is 3.39. The van der Waals surface area contributed by atoms with Gasteiger partial charge in [0.25, 0.3) is 5.91 Å². The molecule has 158 valence electrons. The van der Waals surface area contributed by atoms with Gasteiger partial charge in [0, 0.05) is 11.3 Å². The van der Waals surface area contributed by atoms with Gasteiger partial charge in [0.1, 0.15) is 12.4 Å². The topological polar surface area (TPSA) is 50.4 Å². The van der Waals surface area contributed by atoms with Crippen molar-refractivity contribution in [1.29, 1.82) is 0 Å². The molecule has 1 aliphatic heterocycles. The van der Waals surface area contributed by atoms with Gasteiger partial charge in [-0.2, -0.15) is 0 Å². The fourth-order valence-corrected chi connectivity index (χ4v) is 4.36. The third-order valence-electron chi connectivity index (χ3n) is 5.07. The van der Waals surface area contributed by atoms with Crippen LogP contribution in [0.1, 0.15) is 29.2 Å². The molecular formula is C26H26N2O2S. The number of anilines is 1. The third-order valence-corrected chi connectivity index (χ3v) is 6.10. The van der Waals surface area contributed by atoms with Gasteiger partial charge in [-0.25, -0.2) is 0 Å². The smallest absolute Gasteiger partial charge is 0.260 e. The van der Waals surface area contributed by atoms with E-state index in [9.17, 15) is 4.79 Å². The highest BCUT2D eigenvalue weighted by atomic mass is 32.2. The van der Waals surface area contributed by atoms with Crippen LogP contribution in [0.15, 0.2) is 77.7 Å². The molecule has 0 saturated carbocycles. The number of carbonyl (C=O) groups is 1. The Labute approximate surface area is 187 Å². The van der Waals surface area contributed by atoms with E-state index in [2.05, 4.69) is 54.8 Å². The Morgan fingerprint density at radius 3 is 2.61 bits per heavy atom. The predicted molar refractivity (Wildman–Crippen MR) is 129 cm³/mol. The van der Waals surface area contributed by atoms with E-state index in [0.717, 1.165) is 29.0 Å². The number of carbonyl (C=O) groups excluding carboxylic acids is 1. The Morgan fingerprint density at radius 2 is 1.84 bits per heavy atom. The van der Waals surface area contributed by atoms with Gasteiger partial charge in [0.15, 0.2) is 5.50 Å². The number of thioether (sulfide) groups is 1. The van der Waals surface area contributed by atoms with Crippen molar-refractivity contribution in [2.45, 2.75) is 32.4 Å². The molecule has 1 aliphatic rings. The lowest BCUT2D eigenvalue weighted by atomic mass is 10.1. The molecule has 1 amide bonds. The van der Waals surface area contributed by atoms with E-state index in [4.69, 9.17) is 4.74 Å². The Hall–Kier alpha value is -3.18. The van der Waals surface area contributed by atoms with Gasteiger partial charge >= 0.3 is 0 Å².